The second-order valence-corrected chi connectivity index (χ2v) is 14.7. The number of benzene rings is 4. The van der Waals surface area contributed by atoms with Crippen LogP contribution in [0.15, 0.2) is 84.9 Å². The molecule has 2 aliphatic rings. The van der Waals surface area contributed by atoms with E-state index in [0.29, 0.717) is 30.4 Å². The number of thioether (sulfide) groups is 1. The Morgan fingerprint density at radius 2 is 1.56 bits per heavy atom. The van der Waals surface area contributed by atoms with Gasteiger partial charge in [0, 0.05) is 22.9 Å². The molecule has 4 aromatic carbocycles. The van der Waals surface area contributed by atoms with Crippen LogP contribution in [0.2, 0.25) is 0 Å². The fourth-order valence-electron chi connectivity index (χ4n) is 7.12. The fraction of sp³-hybridized carbons (Fsp3) is 0.316. The van der Waals surface area contributed by atoms with Crippen molar-refractivity contribution < 1.29 is 14.3 Å². The molecule has 2 fully saturated rings. The van der Waals surface area contributed by atoms with Gasteiger partial charge in [0.1, 0.15) is 29.0 Å². The van der Waals surface area contributed by atoms with Gasteiger partial charge >= 0.3 is 0 Å². The van der Waals surface area contributed by atoms with E-state index in [-0.39, 0.29) is 28.1 Å². The summed E-state index contributed by atoms with van der Waals surface area (Å²) in [4.78, 5) is 15.9. The average molecular weight is 661 g/mol. The largest absolute Gasteiger partial charge is 0.497 e. The van der Waals surface area contributed by atoms with Crippen LogP contribution < -0.4 is 14.8 Å². The minimum Gasteiger partial charge on any atom is -0.497 e. The van der Waals surface area contributed by atoms with E-state index in [9.17, 15) is 4.79 Å². The van der Waals surface area contributed by atoms with Gasteiger partial charge in [0.2, 0.25) is 5.91 Å². The molecule has 2 saturated heterocycles. The van der Waals surface area contributed by atoms with Gasteiger partial charge in [-0.25, -0.2) is 4.68 Å². The van der Waals surface area contributed by atoms with Gasteiger partial charge in [0.25, 0.3) is 0 Å². The summed E-state index contributed by atoms with van der Waals surface area (Å²) in [6, 6.07) is 28.6. The third kappa shape index (κ3) is 5.52. The summed E-state index contributed by atoms with van der Waals surface area (Å²) in [7, 11) is 3.26. The van der Waals surface area contributed by atoms with Gasteiger partial charge in [0.05, 0.1) is 20.8 Å². The van der Waals surface area contributed by atoms with Crippen LogP contribution in [0.4, 0.5) is 0 Å². The van der Waals surface area contributed by atoms with Gasteiger partial charge in [-0.2, -0.15) is 0 Å². The number of nitrogens with zero attached hydrogens (tertiary/aromatic N) is 5. The minimum atomic E-state index is -0.322. The Hall–Kier alpha value is -4.67. The van der Waals surface area contributed by atoms with Crippen molar-refractivity contribution in [3.8, 4) is 33.8 Å². The number of methoxy groups -OCH3 is 2. The summed E-state index contributed by atoms with van der Waals surface area (Å²) in [5.41, 5.74) is 9.32. The number of nitrogens with one attached hydrogen (secondary N) is 1. The van der Waals surface area contributed by atoms with Crippen LogP contribution in [-0.4, -0.2) is 61.4 Å². The van der Waals surface area contributed by atoms with Gasteiger partial charge in [-0.3, -0.25) is 10.1 Å². The van der Waals surface area contributed by atoms with E-state index in [1.165, 1.54) is 33.4 Å². The second-order valence-electron chi connectivity index (χ2n) is 13.0. The monoisotopic (exact) mass is 660 g/mol. The van der Waals surface area contributed by atoms with Gasteiger partial charge in [0.15, 0.2) is 5.82 Å². The molecular weight excluding hydrogens is 621 g/mol. The highest BCUT2D eigenvalue weighted by Crippen LogP contribution is 2.57. The topological polar surface area (TPSA) is 94.4 Å². The highest BCUT2D eigenvalue weighted by Gasteiger charge is 2.63. The molecule has 0 saturated carbocycles. The van der Waals surface area contributed by atoms with Gasteiger partial charge in [-0.15, -0.1) is 16.9 Å². The zero-order valence-electron chi connectivity index (χ0n) is 28.1. The molecule has 1 N–H and O–H groups in total. The lowest BCUT2D eigenvalue weighted by atomic mass is 9.87. The third-order valence-corrected chi connectivity index (χ3v) is 11.1. The van der Waals surface area contributed by atoms with Crippen LogP contribution in [0.3, 0.4) is 0 Å². The number of ether oxygens (including phenoxy) is 2. The molecule has 3 heterocycles. The highest BCUT2D eigenvalue weighted by atomic mass is 32.2. The number of aromatic nitrogens is 4. The Labute approximate surface area is 285 Å². The van der Waals surface area contributed by atoms with E-state index in [2.05, 4.69) is 115 Å². The summed E-state index contributed by atoms with van der Waals surface area (Å²) in [5.74, 6) is 2.12. The van der Waals surface area contributed by atoms with Crippen LogP contribution in [0.25, 0.3) is 22.3 Å². The number of hydrogen-bond donors (Lipinski definition) is 1. The lowest BCUT2D eigenvalue weighted by molar-refractivity contribution is -0.149. The average Bonchev–Trinajstić information content (AvgIpc) is 3.64. The summed E-state index contributed by atoms with van der Waals surface area (Å²) in [6.07, 6.45) is 0. The first-order valence-electron chi connectivity index (χ1n) is 16.2. The van der Waals surface area contributed by atoms with Crippen molar-refractivity contribution in [1.82, 2.24) is 30.4 Å². The van der Waals surface area contributed by atoms with Crippen LogP contribution in [0.5, 0.6) is 11.5 Å². The predicted molar refractivity (Wildman–Crippen MR) is 189 cm³/mol. The van der Waals surface area contributed by atoms with E-state index in [1.54, 1.807) is 30.7 Å². The zero-order valence-corrected chi connectivity index (χ0v) is 28.9. The van der Waals surface area contributed by atoms with E-state index < -0.39 is 0 Å². The van der Waals surface area contributed by atoms with Crippen molar-refractivity contribution in [3.63, 3.8) is 0 Å². The Morgan fingerprint density at radius 1 is 0.854 bits per heavy atom. The van der Waals surface area contributed by atoms with Crippen molar-refractivity contribution in [3.05, 3.63) is 113 Å². The number of fused-ring (bicyclic) bond motifs is 1. The summed E-state index contributed by atoms with van der Waals surface area (Å²) in [6.45, 7) is 9.61. The Bertz CT molecular complexity index is 1990. The number of aryl methyl sites for hydroxylation is 2. The van der Waals surface area contributed by atoms with E-state index in [0.717, 1.165) is 11.1 Å². The molecule has 5 aromatic rings. The lowest BCUT2D eigenvalue weighted by Crippen LogP contribution is -2.66. The van der Waals surface area contributed by atoms with Crippen LogP contribution in [-0.2, 0) is 17.9 Å². The quantitative estimate of drug-likeness (QED) is 0.168. The molecule has 2 aliphatic heterocycles. The molecule has 1 amide bonds. The molecular formula is C38H40N6O3S. The Balaban J connectivity index is 1.15. The van der Waals surface area contributed by atoms with E-state index in [4.69, 9.17) is 9.47 Å². The maximum Gasteiger partial charge on any atom is 0.244 e. The van der Waals surface area contributed by atoms with Crippen molar-refractivity contribution in [1.29, 1.82) is 0 Å². The number of carbonyl (C=O) groups excluding carboxylic acids is 1. The van der Waals surface area contributed by atoms with Crippen molar-refractivity contribution in [2.45, 2.75) is 63.0 Å². The number of tetrazole rings is 1. The number of amides is 1. The number of β-lactam (4-membered cyclic amide) rings is 1. The standard InChI is InChI=1S/C38H40N6O3S/c1-23-12-7-9-15-28(23)30-17-11-14-25(32(30)29-16-10-8-13-24(29)2)21-39-33-36(45)44-34(38(3,4)48-37(33)44)35-40-41-42-43(35)22-26-18-19-27(46-5)20-31(26)47-6/h7-20,33-34,37,39H,21-22H2,1-6H3/t33?,34?,37-/m1/s1. The van der Waals surface area contributed by atoms with Crippen LogP contribution in [0.1, 0.15) is 48.0 Å². The van der Waals surface area contributed by atoms with Crippen molar-refractivity contribution >= 4 is 17.7 Å². The van der Waals surface area contributed by atoms with Crippen LogP contribution in [0, 0.1) is 13.8 Å². The Morgan fingerprint density at radius 3 is 2.27 bits per heavy atom. The molecule has 0 spiro atoms. The smallest absolute Gasteiger partial charge is 0.244 e. The maximum absolute atomic E-state index is 14.0. The highest BCUT2D eigenvalue weighted by molar-refractivity contribution is 8.01. The second kappa shape index (κ2) is 12.7. The zero-order chi connectivity index (χ0) is 33.6. The number of rotatable bonds is 10. The molecule has 3 atom stereocenters. The molecule has 2 unspecified atom stereocenters. The van der Waals surface area contributed by atoms with Crippen molar-refractivity contribution in [2.24, 2.45) is 0 Å². The maximum atomic E-state index is 14.0. The first-order valence-corrected chi connectivity index (χ1v) is 17.0. The summed E-state index contributed by atoms with van der Waals surface area (Å²) >= 11 is 1.80. The minimum absolute atomic E-state index is 0.0420. The molecule has 0 aliphatic carbocycles. The van der Waals surface area contributed by atoms with Gasteiger partial charge < -0.3 is 14.4 Å². The molecule has 0 bridgehead atoms. The molecule has 246 valence electrons. The summed E-state index contributed by atoms with van der Waals surface area (Å²) < 4.78 is 12.5. The first kappa shape index (κ1) is 31.9. The fourth-order valence-corrected chi connectivity index (χ4v) is 8.78. The van der Waals surface area contributed by atoms with Crippen molar-refractivity contribution in [2.75, 3.05) is 14.2 Å². The van der Waals surface area contributed by atoms with Gasteiger partial charge in [-0.05, 0) is 89.2 Å². The molecule has 9 nitrogen and oxygen atoms in total. The third-order valence-electron chi connectivity index (χ3n) is 9.57. The molecule has 10 heteroatoms. The molecule has 1 aromatic heterocycles. The summed E-state index contributed by atoms with van der Waals surface area (Å²) in [5, 5.41) is 16.5. The number of carbonyl (C=O) groups is 1. The van der Waals surface area contributed by atoms with Crippen LogP contribution >= 0.6 is 11.8 Å². The number of hydrogen-bond acceptors (Lipinski definition) is 8. The SMILES string of the molecule is COc1ccc(Cn2nnnc2C2N3C(=O)C(NCc4cccc(-c5ccccc5C)c4-c4ccccc4C)[C@H]3SC2(C)C)c(OC)c1. The van der Waals surface area contributed by atoms with E-state index in [1.807, 2.05) is 23.1 Å². The lowest BCUT2D eigenvalue weighted by Gasteiger charge is -2.44. The molecule has 0 radical (unpaired) electrons. The Kier molecular flexibility index (Phi) is 8.47. The van der Waals surface area contributed by atoms with Gasteiger partial charge in [-0.1, -0.05) is 66.7 Å². The molecule has 48 heavy (non-hydrogen) atoms. The predicted octanol–water partition coefficient (Wildman–Crippen LogP) is 6.58. The molecule has 7 rings (SSSR count). The first-order chi connectivity index (χ1) is 23.2. The van der Waals surface area contributed by atoms with E-state index >= 15 is 0 Å². The normalized spacial score (nSPS) is 19.6.